The average molecular weight is 890 g/mol. The smallest absolute Gasteiger partial charge is 0.661 e. The van der Waals surface area contributed by atoms with Gasteiger partial charge in [0.15, 0.2) is 0 Å². The molecule has 3 aromatic carbocycles. The minimum Gasteiger partial charge on any atom is -0.661 e. The number of aryl methyl sites for hydroxylation is 2. The van der Waals surface area contributed by atoms with Crippen LogP contribution in [0.25, 0.3) is 36.9 Å². The molecule has 8 heteroatoms. The van der Waals surface area contributed by atoms with Crippen LogP contribution in [-0.4, -0.2) is 24.1 Å². The number of anilines is 1. The van der Waals surface area contributed by atoms with Crippen LogP contribution < -0.4 is 10.1 Å². The monoisotopic (exact) mass is 890 g/mol. The van der Waals surface area contributed by atoms with Crippen LogP contribution in [-0.2, 0) is 38.4 Å². The van der Waals surface area contributed by atoms with Crippen molar-refractivity contribution in [3.63, 3.8) is 0 Å². The van der Waals surface area contributed by atoms with Crippen LogP contribution >= 0.6 is 11.3 Å². The zero-order valence-electron chi connectivity index (χ0n) is 30.8. The van der Waals surface area contributed by atoms with E-state index in [0.717, 1.165) is 27.3 Å². The molecule has 0 amide bonds. The summed E-state index contributed by atoms with van der Waals surface area (Å²) in [6, 6.07) is 25.5. The van der Waals surface area contributed by atoms with Gasteiger partial charge in [-0.05, 0) is 96.2 Å². The van der Waals surface area contributed by atoms with Crippen LogP contribution in [0.3, 0.4) is 0 Å². The number of pyridine rings is 2. The molecule has 0 N–H and O–H groups in total. The molecule has 3 aromatic heterocycles. The zero-order chi connectivity index (χ0) is 35.4. The first-order valence-corrected chi connectivity index (χ1v) is 22.1. The van der Waals surface area contributed by atoms with Crippen molar-refractivity contribution in [3.8, 4) is 11.3 Å². The molecule has 0 saturated carbocycles. The van der Waals surface area contributed by atoms with Gasteiger partial charge in [0, 0.05) is 33.3 Å². The average Bonchev–Trinajstić information content (AvgIpc) is 3.65. The number of fused-ring (bicyclic) bond motifs is 5. The molecule has 0 saturated heterocycles. The standard InChI is InChI=1S/C25H23N3S.C18H23FNSi.Ir/c1-15(2)28-22-10-6-5-9-21(22)27-24(28)18-12-20-19-11-16-7-3-4-8-17(16)13-23(19)29-25(20)26-14-18;1-18(2,3)15-11-16(13-7-9-14(19)10-8-13)20-12-17(15)21(4,5)6;/h5-6,9-13,15,24H,3-4,7-8H2,1-2H3;7,9-12H,1-6H3;/q-2;-1;+3. The molecule has 4 nitrogen and oxygen atoms in total. The van der Waals surface area contributed by atoms with E-state index in [1.54, 1.807) is 17.4 Å². The van der Waals surface area contributed by atoms with E-state index in [0.29, 0.717) is 6.04 Å². The summed E-state index contributed by atoms with van der Waals surface area (Å²) in [4.78, 5) is 12.8. The van der Waals surface area contributed by atoms with Gasteiger partial charge in [-0.2, -0.15) is 17.4 Å². The summed E-state index contributed by atoms with van der Waals surface area (Å²) in [5.41, 5.74) is 9.48. The topological polar surface area (TPSA) is 43.1 Å². The van der Waals surface area contributed by atoms with E-state index in [1.165, 1.54) is 80.9 Å². The Morgan fingerprint density at radius 3 is 2.35 bits per heavy atom. The Morgan fingerprint density at radius 1 is 0.961 bits per heavy atom. The molecule has 1 atom stereocenters. The Balaban J connectivity index is 0.000000182. The fourth-order valence-corrected chi connectivity index (χ4v) is 10.0. The summed E-state index contributed by atoms with van der Waals surface area (Å²) in [5.74, 6) is -0.270. The van der Waals surface area contributed by atoms with Crippen LogP contribution in [0.5, 0.6) is 0 Å². The maximum Gasteiger partial charge on any atom is 3.00 e. The van der Waals surface area contributed by atoms with Gasteiger partial charge in [-0.15, -0.1) is 41.1 Å². The molecule has 4 heterocycles. The number of hydrogen-bond acceptors (Lipinski definition) is 4. The van der Waals surface area contributed by atoms with Gasteiger partial charge < -0.3 is 20.2 Å². The molecule has 1 aliphatic carbocycles. The van der Waals surface area contributed by atoms with Gasteiger partial charge in [-0.1, -0.05) is 82.3 Å². The zero-order valence-corrected chi connectivity index (χ0v) is 35.0. The first kappa shape index (κ1) is 37.3. The molecule has 0 radical (unpaired) electrons. The molecule has 0 fully saturated rings. The van der Waals surface area contributed by atoms with Gasteiger partial charge in [0.1, 0.15) is 0 Å². The molecule has 0 spiro atoms. The number of nitrogens with zero attached hydrogens (tertiary/aromatic N) is 4. The summed E-state index contributed by atoms with van der Waals surface area (Å²) < 4.78 is 14.4. The quantitative estimate of drug-likeness (QED) is 0.131. The minimum absolute atomic E-state index is 0. The van der Waals surface area contributed by atoms with Crippen LogP contribution in [0.1, 0.15) is 75.9 Å². The molecule has 6 aromatic rings. The van der Waals surface area contributed by atoms with Crippen molar-refractivity contribution in [1.82, 2.24) is 9.97 Å². The molecule has 264 valence electrons. The molecular weight excluding hydrogens is 844 g/mol. The van der Waals surface area contributed by atoms with E-state index >= 15 is 0 Å². The number of benzene rings is 3. The van der Waals surface area contributed by atoms with Crippen molar-refractivity contribution in [3.05, 3.63) is 119 Å². The van der Waals surface area contributed by atoms with E-state index in [2.05, 4.69) is 125 Å². The Bertz CT molecular complexity index is 2180. The summed E-state index contributed by atoms with van der Waals surface area (Å²) in [5, 5.41) is 9.01. The van der Waals surface area contributed by atoms with Gasteiger partial charge in [-0.3, -0.25) is 4.39 Å². The SMILES string of the molecule is CC(C)(C)c1cc(-c2[c-]cc(F)cc2)ncc1[Si](C)(C)C.CC(C)N1c2ccccc2[N-]C1c1[c-]nc2sc3cc4c(cc3c2c1)CCCC4.[Ir+3]. The van der Waals surface area contributed by atoms with Crippen molar-refractivity contribution in [2.24, 2.45) is 0 Å². The molecule has 2 aliphatic rings. The van der Waals surface area contributed by atoms with E-state index in [-0.39, 0.29) is 37.5 Å². The van der Waals surface area contributed by atoms with Crippen LogP contribution in [0.15, 0.2) is 72.9 Å². The second-order valence-electron chi connectivity index (χ2n) is 16.0. The minimum atomic E-state index is -1.45. The molecule has 1 unspecified atom stereocenters. The molecule has 0 bridgehead atoms. The largest absolute Gasteiger partial charge is 3.00 e. The van der Waals surface area contributed by atoms with Gasteiger partial charge in [0.2, 0.25) is 0 Å². The molecule has 8 rings (SSSR count). The first-order valence-electron chi connectivity index (χ1n) is 17.8. The molecule has 51 heavy (non-hydrogen) atoms. The van der Waals surface area contributed by atoms with Gasteiger partial charge >= 0.3 is 20.1 Å². The third kappa shape index (κ3) is 7.57. The third-order valence-electron chi connectivity index (χ3n) is 9.85. The van der Waals surface area contributed by atoms with Crippen molar-refractivity contribution in [1.29, 1.82) is 0 Å². The Labute approximate surface area is 321 Å². The van der Waals surface area contributed by atoms with Crippen molar-refractivity contribution < 1.29 is 24.5 Å². The predicted molar refractivity (Wildman–Crippen MR) is 213 cm³/mol. The van der Waals surface area contributed by atoms with Gasteiger partial charge in [-0.25, -0.2) is 0 Å². The summed E-state index contributed by atoms with van der Waals surface area (Å²) in [6.45, 7) is 18.1. The number of rotatable bonds is 4. The molecule has 1 aliphatic heterocycles. The second-order valence-corrected chi connectivity index (χ2v) is 22.1. The van der Waals surface area contributed by atoms with E-state index in [9.17, 15) is 4.39 Å². The summed E-state index contributed by atoms with van der Waals surface area (Å²) in [6.07, 6.45) is 10.3. The normalized spacial score (nSPS) is 15.6. The van der Waals surface area contributed by atoms with E-state index in [1.807, 2.05) is 6.20 Å². The number of halogens is 1. The Morgan fingerprint density at radius 2 is 1.69 bits per heavy atom. The number of aromatic nitrogens is 2. The molecular formula is C43H46FIrN4SSi. The van der Waals surface area contributed by atoms with Crippen LogP contribution in [0.2, 0.25) is 19.6 Å². The fourth-order valence-electron chi connectivity index (χ4n) is 7.27. The van der Waals surface area contributed by atoms with E-state index in [4.69, 9.17) is 10.3 Å². The summed E-state index contributed by atoms with van der Waals surface area (Å²) in [7, 11) is -1.45. The maximum absolute atomic E-state index is 13.0. The van der Waals surface area contributed by atoms with Crippen LogP contribution in [0.4, 0.5) is 15.8 Å². The Kier molecular flexibility index (Phi) is 10.6. The van der Waals surface area contributed by atoms with Crippen molar-refractivity contribution in [2.75, 3.05) is 4.90 Å². The maximum atomic E-state index is 13.0. The fraction of sp³-hybridized carbons (Fsp3) is 0.349. The van der Waals surface area contributed by atoms with Crippen molar-refractivity contribution in [2.45, 2.75) is 97.6 Å². The summed E-state index contributed by atoms with van der Waals surface area (Å²) >= 11 is 1.79. The second kappa shape index (κ2) is 14.5. The van der Waals surface area contributed by atoms with Crippen molar-refractivity contribution >= 4 is 56.3 Å². The van der Waals surface area contributed by atoms with E-state index < -0.39 is 8.07 Å². The van der Waals surface area contributed by atoms with Crippen LogP contribution in [0, 0.1) is 18.1 Å². The first-order chi connectivity index (χ1) is 23.8. The van der Waals surface area contributed by atoms with Gasteiger partial charge in [0.25, 0.3) is 0 Å². The number of para-hydroxylation sites is 2. The number of hydrogen-bond donors (Lipinski definition) is 0. The third-order valence-corrected chi connectivity index (χ3v) is 12.9. The number of thiophene rings is 1. The predicted octanol–water partition coefficient (Wildman–Crippen LogP) is 11.6. The van der Waals surface area contributed by atoms with Gasteiger partial charge in [0.05, 0.1) is 8.07 Å². The Hall–Kier alpha value is -3.42.